The van der Waals surface area contributed by atoms with Crippen LogP contribution in [-0.4, -0.2) is 32.7 Å². The highest BCUT2D eigenvalue weighted by atomic mass is 16.3. The lowest BCUT2D eigenvalue weighted by Gasteiger charge is -2.60. The minimum absolute atomic E-state index is 0.0689. The normalized spacial score (nSPS) is 28.0. The zero-order chi connectivity index (χ0) is 12.1. The fourth-order valence-corrected chi connectivity index (χ4v) is 4.04. The van der Waals surface area contributed by atoms with E-state index in [2.05, 4.69) is 53.4 Å². The Morgan fingerprint density at radius 3 is 1.60 bits per heavy atom. The number of piperidine rings is 1. The number of rotatable bonds is 0. The second-order valence-electron chi connectivity index (χ2n) is 7.19. The largest absolute Gasteiger partial charge is 0.393 e. The standard InChI is InChI=1S/C13H27NO/c1-11(2,3)14-12(4,5)8-10(15)9-13(14,6)7/h10,15H,8-9H2,1-7H3. The third-order valence-corrected chi connectivity index (χ3v) is 3.35. The number of nitrogens with zero attached hydrogens (tertiary/aromatic N) is 1. The van der Waals surface area contributed by atoms with Crippen LogP contribution in [0.3, 0.4) is 0 Å². The van der Waals surface area contributed by atoms with Gasteiger partial charge in [0.15, 0.2) is 0 Å². The fraction of sp³-hybridized carbons (Fsp3) is 1.00. The summed E-state index contributed by atoms with van der Waals surface area (Å²) < 4.78 is 0. The van der Waals surface area contributed by atoms with Gasteiger partial charge in [-0.1, -0.05) is 0 Å². The molecule has 90 valence electrons. The maximum Gasteiger partial charge on any atom is 0.0575 e. The van der Waals surface area contributed by atoms with E-state index in [1.54, 1.807) is 0 Å². The first-order chi connectivity index (χ1) is 6.47. The second-order valence-corrected chi connectivity index (χ2v) is 7.19. The lowest BCUT2D eigenvalue weighted by Crippen LogP contribution is -2.67. The van der Waals surface area contributed by atoms with E-state index in [0.717, 1.165) is 12.8 Å². The van der Waals surface area contributed by atoms with Crippen molar-refractivity contribution in [1.29, 1.82) is 0 Å². The molecule has 0 saturated carbocycles. The summed E-state index contributed by atoms with van der Waals surface area (Å²) in [6.07, 6.45) is 1.58. The van der Waals surface area contributed by atoms with E-state index >= 15 is 0 Å². The van der Waals surface area contributed by atoms with Gasteiger partial charge in [0.25, 0.3) is 0 Å². The molecule has 1 fully saturated rings. The Labute approximate surface area is 94.7 Å². The van der Waals surface area contributed by atoms with Crippen molar-refractivity contribution in [2.24, 2.45) is 0 Å². The molecule has 0 aromatic heterocycles. The molecule has 1 saturated heterocycles. The molecule has 0 atom stereocenters. The van der Waals surface area contributed by atoms with Gasteiger partial charge in [-0.2, -0.15) is 0 Å². The highest BCUT2D eigenvalue weighted by molar-refractivity contribution is 5.04. The second kappa shape index (κ2) is 3.46. The molecule has 1 N–H and O–H groups in total. The Kier molecular flexibility index (Phi) is 2.99. The number of hydrogen-bond acceptors (Lipinski definition) is 2. The first kappa shape index (κ1) is 13.0. The monoisotopic (exact) mass is 213 g/mol. The molecule has 0 radical (unpaired) electrons. The molecule has 1 aliphatic rings. The summed E-state index contributed by atoms with van der Waals surface area (Å²) in [5.41, 5.74) is 0.284. The van der Waals surface area contributed by atoms with Crippen molar-refractivity contribution in [1.82, 2.24) is 4.90 Å². The minimum Gasteiger partial charge on any atom is -0.393 e. The van der Waals surface area contributed by atoms with Gasteiger partial charge < -0.3 is 5.11 Å². The van der Waals surface area contributed by atoms with Gasteiger partial charge in [-0.25, -0.2) is 0 Å². The van der Waals surface area contributed by atoms with E-state index in [9.17, 15) is 5.11 Å². The molecule has 0 aromatic carbocycles. The maximum atomic E-state index is 9.94. The van der Waals surface area contributed by atoms with Crippen LogP contribution in [0.4, 0.5) is 0 Å². The van der Waals surface area contributed by atoms with Gasteiger partial charge >= 0.3 is 0 Å². The third-order valence-electron chi connectivity index (χ3n) is 3.35. The van der Waals surface area contributed by atoms with Gasteiger partial charge in [0.1, 0.15) is 0 Å². The molecule has 1 rings (SSSR count). The van der Waals surface area contributed by atoms with Crippen molar-refractivity contribution in [2.45, 2.75) is 84.0 Å². The molecular formula is C13H27NO. The fourth-order valence-electron chi connectivity index (χ4n) is 4.04. The Morgan fingerprint density at radius 2 is 1.33 bits per heavy atom. The number of aliphatic hydroxyl groups is 1. The topological polar surface area (TPSA) is 23.5 Å². The summed E-state index contributed by atoms with van der Waals surface area (Å²) >= 11 is 0. The molecule has 0 bridgehead atoms. The van der Waals surface area contributed by atoms with Crippen LogP contribution in [0.25, 0.3) is 0 Å². The minimum atomic E-state index is -0.159. The van der Waals surface area contributed by atoms with Crippen LogP contribution < -0.4 is 0 Å². The molecule has 2 nitrogen and oxygen atoms in total. The Hall–Kier alpha value is -0.0800. The van der Waals surface area contributed by atoms with Crippen LogP contribution in [-0.2, 0) is 0 Å². The Balaban J connectivity index is 3.09. The highest BCUT2D eigenvalue weighted by Crippen LogP contribution is 2.42. The zero-order valence-electron chi connectivity index (χ0n) is 11.4. The summed E-state index contributed by atoms with van der Waals surface area (Å²) in [5.74, 6) is 0. The van der Waals surface area contributed by atoms with E-state index in [4.69, 9.17) is 0 Å². The van der Waals surface area contributed by atoms with Crippen molar-refractivity contribution in [3.05, 3.63) is 0 Å². The molecule has 0 amide bonds. The lowest BCUT2D eigenvalue weighted by atomic mass is 9.75. The number of aliphatic hydroxyl groups excluding tert-OH is 1. The number of hydrogen-bond donors (Lipinski definition) is 1. The van der Waals surface area contributed by atoms with Gasteiger partial charge in [0.05, 0.1) is 6.10 Å². The Morgan fingerprint density at radius 1 is 1.00 bits per heavy atom. The predicted molar refractivity (Wildman–Crippen MR) is 65.0 cm³/mol. The molecule has 2 heteroatoms. The SMILES string of the molecule is CC(C)(C)N1C(C)(C)CC(O)CC1(C)C. The van der Waals surface area contributed by atoms with E-state index in [0.29, 0.717) is 0 Å². The van der Waals surface area contributed by atoms with E-state index in [1.165, 1.54) is 0 Å². The molecule has 1 aliphatic heterocycles. The predicted octanol–water partition coefficient (Wildman–Crippen LogP) is 2.80. The molecule has 0 aliphatic carbocycles. The summed E-state index contributed by atoms with van der Waals surface area (Å²) in [5, 5.41) is 9.94. The smallest absolute Gasteiger partial charge is 0.0575 e. The van der Waals surface area contributed by atoms with Crippen molar-refractivity contribution in [3.63, 3.8) is 0 Å². The van der Waals surface area contributed by atoms with Crippen LogP contribution >= 0.6 is 0 Å². The number of likely N-dealkylation sites (tertiary alicyclic amines) is 1. The molecule has 1 heterocycles. The van der Waals surface area contributed by atoms with E-state index < -0.39 is 0 Å². The first-order valence-electron chi connectivity index (χ1n) is 5.95. The van der Waals surface area contributed by atoms with Crippen LogP contribution in [0.1, 0.15) is 61.3 Å². The van der Waals surface area contributed by atoms with Gasteiger partial charge in [-0.3, -0.25) is 4.90 Å². The molecule has 0 unspecified atom stereocenters. The van der Waals surface area contributed by atoms with Crippen LogP contribution in [0.5, 0.6) is 0 Å². The van der Waals surface area contributed by atoms with Gasteiger partial charge in [0, 0.05) is 16.6 Å². The van der Waals surface area contributed by atoms with Gasteiger partial charge in [-0.05, 0) is 61.3 Å². The average molecular weight is 213 g/mol. The third kappa shape index (κ3) is 2.54. The summed E-state index contributed by atoms with van der Waals surface area (Å²) in [7, 11) is 0. The highest BCUT2D eigenvalue weighted by Gasteiger charge is 2.49. The van der Waals surface area contributed by atoms with Gasteiger partial charge in [-0.15, -0.1) is 0 Å². The van der Waals surface area contributed by atoms with E-state index in [-0.39, 0.29) is 22.7 Å². The van der Waals surface area contributed by atoms with Crippen LogP contribution in [0, 0.1) is 0 Å². The van der Waals surface area contributed by atoms with Crippen LogP contribution in [0.2, 0.25) is 0 Å². The summed E-state index contributed by atoms with van der Waals surface area (Å²) in [6, 6.07) is 0. The summed E-state index contributed by atoms with van der Waals surface area (Å²) in [6.45, 7) is 15.7. The molecule has 0 aromatic rings. The Bertz CT molecular complexity index is 219. The first-order valence-corrected chi connectivity index (χ1v) is 5.95. The van der Waals surface area contributed by atoms with Crippen molar-refractivity contribution in [2.75, 3.05) is 0 Å². The molecular weight excluding hydrogens is 186 g/mol. The lowest BCUT2D eigenvalue weighted by molar-refractivity contribution is -0.126. The van der Waals surface area contributed by atoms with Crippen molar-refractivity contribution in [3.8, 4) is 0 Å². The van der Waals surface area contributed by atoms with Crippen molar-refractivity contribution < 1.29 is 5.11 Å². The quantitative estimate of drug-likeness (QED) is 0.669. The van der Waals surface area contributed by atoms with Gasteiger partial charge in [0.2, 0.25) is 0 Å². The average Bonchev–Trinajstić information content (AvgIpc) is 1.71. The zero-order valence-corrected chi connectivity index (χ0v) is 11.4. The summed E-state index contributed by atoms with van der Waals surface area (Å²) in [4.78, 5) is 2.56. The van der Waals surface area contributed by atoms with Crippen molar-refractivity contribution >= 4 is 0 Å². The maximum absolute atomic E-state index is 9.94. The molecule has 0 spiro atoms. The molecule has 15 heavy (non-hydrogen) atoms. The van der Waals surface area contributed by atoms with Crippen LogP contribution in [0.15, 0.2) is 0 Å². The van der Waals surface area contributed by atoms with E-state index in [1.807, 2.05) is 0 Å².